The van der Waals surface area contributed by atoms with Crippen molar-refractivity contribution in [3.63, 3.8) is 0 Å². The molecular weight excluding hydrogens is 358 g/mol. The molecule has 0 aliphatic rings. The van der Waals surface area contributed by atoms with Gasteiger partial charge in [-0.2, -0.15) is 5.10 Å². The molecule has 0 radical (unpaired) electrons. The van der Waals surface area contributed by atoms with Gasteiger partial charge in [-0.1, -0.05) is 11.6 Å². The molecule has 1 N–H and O–H groups in total. The number of amides is 1. The minimum atomic E-state index is -0.319. The van der Waals surface area contributed by atoms with E-state index in [0.717, 1.165) is 22.6 Å². The number of aryl methyl sites for hydroxylation is 2. The zero-order valence-electron chi connectivity index (χ0n) is 16.6. The largest absolute Gasteiger partial charge is 0.496 e. The van der Waals surface area contributed by atoms with Crippen molar-refractivity contribution >= 4 is 11.6 Å². The van der Waals surface area contributed by atoms with E-state index in [0.29, 0.717) is 22.9 Å². The molecule has 0 saturated heterocycles. The number of nitrogens with zero attached hydrogens (tertiary/aromatic N) is 2. The summed E-state index contributed by atoms with van der Waals surface area (Å²) in [5.41, 5.74) is 3.65. The van der Waals surface area contributed by atoms with Crippen LogP contribution in [-0.4, -0.2) is 37.0 Å². The van der Waals surface area contributed by atoms with Gasteiger partial charge in [0.25, 0.3) is 5.91 Å². The van der Waals surface area contributed by atoms with Gasteiger partial charge in [0, 0.05) is 24.4 Å². The third-order valence-electron chi connectivity index (χ3n) is 4.38. The lowest BCUT2D eigenvalue weighted by molar-refractivity contribution is 0.102. The minimum Gasteiger partial charge on any atom is -0.496 e. The van der Waals surface area contributed by atoms with Gasteiger partial charge in [-0.15, -0.1) is 0 Å². The third-order valence-corrected chi connectivity index (χ3v) is 4.38. The smallest absolute Gasteiger partial charge is 0.276 e. The van der Waals surface area contributed by atoms with Crippen LogP contribution in [0, 0.1) is 6.92 Å². The Kier molecular flexibility index (Phi) is 5.54. The third kappa shape index (κ3) is 3.78. The number of anilines is 1. The summed E-state index contributed by atoms with van der Waals surface area (Å²) in [7, 11) is 6.52. The Morgan fingerprint density at radius 2 is 1.61 bits per heavy atom. The molecule has 0 bridgehead atoms. The highest BCUT2D eigenvalue weighted by Crippen LogP contribution is 2.32. The van der Waals surface area contributed by atoms with Gasteiger partial charge in [-0.05, 0) is 37.3 Å². The van der Waals surface area contributed by atoms with Crippen LogP contribution in [0.5, 0.6) is 17.2 Å². The Morgan fingerprint density at radius 1 is 0.929 bits per heavy atom. The van der Waals surface area contributed by atoms with E-state index in [2.05, 4.69) is 10.4 Å². The molecule has 146 valence electrons. The van der Waals surface area contributed by atoms with Gasteiger partial charge < -0.3 is 19.5 Å². The summed E-state index contributed by atoms with van der Waals surface area (Å²) < 4.78 is 17.6. The van der Waals surface area contributed by atoms with Crippen LogP contribution in [0.3, 0.4) is 0 Å². The lowest BCUT2D eigenvalue weighted by Gasteiger charge is -2.10. The summed E-state index contributed by atoms with van der Waals surface area (Å²) in [4.78, 5) is 12.7. The summed E-state index contributed by atoms with van der Waals surface area (Å²) in [6.07, 6.45) is 0. The van der Waals surface area contributed by atoms with E-state index in [1.807, 2.05) is 25.1 Å². The van der Waals surface area contributed by atoms with Gasteiger partial charge in [0.2, 0.25) is 0 Å². The molecule has 0 saturated carbocycles. The first-order valence-electron chi connectivity index (χ1n) is 8.69. The Bertz CT molecular complexity index is 1010. The highest BCUT2D eigenvalue weighted by Gasteiger charge is 2.17. The van der Waals surface area contributed by atoms with Gasteiger partial charge in [0.1, 0.15) is 5.75 Å². The fraction of sp³-hybridized carbons (Fsp3) is 0.238. The van der Waals surface area contributed by atoms with Gasteiger partial charge in [-0.25, -0.2) is 0 Å². The Labute approximate surface area is 163 Å². The fourth-order valence-corrected chi connectivity index (χ4v) is 2.96. The number of carbonyl (C=O) groups excluding carboxylic acids is 1. The maximum atomic E-state index is 12.7. The lowest BCUT2D eigenvalue weighted by atomic mass is 10.1. The van der Waals surface area contributed by atoms with Crippen molar-refractivity contribution in [2.24, 2.45) is 7.05 Å². The highest BCUT2D eigenvalue weighted by atomic mass is 16.5. The number of hydrogen-bond acceptors (Lipinski definition) is 5. The maximum Gasteiger partial charge on any atom is 0.276 e. The molecule has 0 aliphatic heterocycles. The number of methoxy groups -OCH3 is 3. The SMILES string of the molecule is COc1ccc(NC(=O)c2cc(-c3cc(C)ccc3OC)n(C)n2)cc1OC. The first kappa shape index (κ1) is 19.3. The average Bonchev–Trinajstić information content (AvgIpc) is 3.09. The fourth-order valence-electron chi connectivity index (χ4n) is 2.96. The van der Waals surface area contributed by atoms with E-state index in [1.54, 1.807) is 57.3 Å². The number of rotatable bonds is 6. The van der Waals surface area contributed by atoms with Gasteiger partial charge in [0.15, 0.2) is 17.2 Å². The second-order valence-electron chi connectivity index (χ2n) is 6.27. The van der Waals surface area contributed by atoms with E-state index < -0.39 is 0 Å². The minimum absolute atomic E-state index is 0.302. The summed E-state index contributed by atoms with van der Waals surface area (Å²) in [5.74, 6) is 1.53. The van der Waals surface area contributed by atoms with E-state index in [9.17, 15) is 4.79 Å². The molecule has 0 aliphatic carbocycles. The first-order valence-corrected chi connectivity index (χ1v) is 8.69. The van der Waals surface area contributed by atoms with Crippen LogP contribution < -0.4 is 19.5 Å². The second kappa shape index (κ2) is 8.04. The molecular formula is C21H23N3O4. The topological polar surface area (TPSA) is 74.6 Å². The zero-order chi connectivity index (χ0) is 20.3. The van der Waals surface area contributed by atoms with Crippen molar-refractivity contribution in [1.82, 2.24) is 9.78 Å². The molecule has 28 heavy (non-hydrogen) atoms. The normalized spacial score (nSPS) is 10.5. The van der Waals surface area contributed by atoms with Crippen LogP contribution >= 0.6 is 0 Å². The quantitative estimate of drug-likeness (QED) is 0.705. The molecule has 1 heterocycles. The Balaban J connectivity index is 1.89. The summed E-state index contributed by atoms with van der Waals surface area (Å²) in [6.45, 7) is 2.00. The van der Waals surface area contributed by atoms with Crippen LogP contribution in [0.1, 0.15) is 16.1 Å². The molecule has 7 heteroatoms. The molecule has 3 rings (SSSR count). The molecule has 0 fully saturated rings. The van der Waals surface area contributed by atoms with Crippen LogP contribution in [0.4, 0.5) is 5.69 Å². The Hall–Kier alpha value is -3.48. The molecule has 1 aromatic heterocycles. The summed E-state index contributed by atoms with van der Waals surface area (Å²) >= 11 is 0. The van der Waals surface area contributed by atoms with E-state index in [4.69, 9.17) is 14.2 Å². The molecule has 2 aromatic carbocycles. The highest BCUT2D eigenvalue weighted by molar-refractivity contribution is 6.03. The van der Waals surface area contributed by atoms with E-state index in [-0.39, 0.29) is 5.91 Å². The summed E-state index contributed by atoms with van der Waals surface area (Å²) in [6, 6.07) is 12.8. The van der Waals surface area contributed by atoms with Crippen molar-refractivity contribution in [3.8, 4) is 28.5 Å². The number of aromatic nitrogens is 2. The van der Waals surface area contributed by atoms with Crippen molar-refractivity contribution in [1.29, 1.82) is 0 Å². The first-order chi connectivity index (χ1) is 13.5. The average molecular weight is 381 g/mol. The number of carbonyl (C=O) groups is 1. The van der Waals surface area contributed by atoms with Gasteiger partial charge in [0.05, 0.1) is 27.0 Å². The number of nitrogens with one attached hydrogen (secondary N) is 1. The van der Waals surface area contributed by atoms with Crippen LogP contribution in [0.25, 0.3) is 11.3 Å². The number of ether oxygens (including phenoxy) is 3. The van der Waals surface area contributed by atoms with Crippen molar-refractivity contribution in [2.75, 3.05) is 26.6 Å². The van der Waals surface area contributed by atoms with E-state index in [1.165, 1.54) is 0 Å². The van der Waals surface area contributed by atoms with Crippen molar-refractivity contribution < 1.29 is 19.0 Å². The van der Waals surface area contributed by atoms with Gasteiger partial charge >= 0.3 is 0 Å². The molecule has 3 aromatic rings. The molecule has 1 amide bonds. The number of hydrogen-bond donors (Lipinski definition) is 1. The molecule has 0 atom stereocenters. The molecule has 0 spiro atoms. The summed E-state index contributed by atoms with van der Waals surface area (Å²) in [5, 5.41) is 7.19. The lowest BCUT2D eigenvalue weighted by Crippen LogP contribution is -2.13. The number of benzene rings is 2. The van der Waals surface area contributed by atoms with Crippen LogP contribution in [-0.2, 0) is 7.05 Å². The van der Waals surface area contributed by atoms with E-state index >= 15 is 0 Å². The van der Waals surface area contributed by atoms with Crippen LogP contribution in [0.2, 0.25) is 0 Å². The van der Waals surface area contributed by atoms with Crippen molar-refractivity contribution in [2.45, 2.75) is 6.92 Å². The maximum absolute atomic E-state index is 12.7. The molecule has 7 nitrogen and oxygen atoms in total. The van der Waals surface area contributed by atoms with Crippen molar-refractivity contribution in [3.05, 3.63) is 53.7 Å². The standard InChI is InChI=1S/C21H23N3O4/c1-13-6-8-18(26-3)15(10-13)17-12-16(23-24(17)2)21(25)22-14-7-9-19(27-4)20(11-14)28-5/h6-12H,1-5H3,(H,22,25). The Morgan fingerprint density at radius 3 is 2.29 bits per heavy atom. The monoisotopic (exact) mass is 381 g/mol. The zero-order valence-corrected chi connectivity index (χ0v) is 16.6. The van der Waals surface area contributed by atoms with Gasteiger partial charge in [-0.3, -0.25) is 9.48 Å². The predicted octanol–water partition coefficient (Wildman–Crippen LogP) is 3.67. The van der Waals surface area contributed by atoms with Crippen LogP contribution in [0.15, 0.2) is 42.5 Å². The molecule has 0 unspecified atom stereocenters. The second-order valence-corrected chi connectivity index (χ2v) is 6.27. The predicted molar refractivity (Wildman–Crippen MR) is 107 cm³/mol.